The van der Waals surface area contributed by atoms with Crippen molar-refractivity contribution < 1.29 is 9.47 Å². The van der Waals surface area contributed by atoms with Gasteiger partial charge in [-0.3, -0.25) is 10.4 Å². The SMILES string of the molecule is COc1cc([C@H](Nc2ccc(C(=N)N)cc2)c2nn(-c3cccnn3)c(=O)[nH]2)ccc1OCC#N. The molecule has 0 radical (unpaired) electrons. The van der Waals surface area contributed by atoms with Gasteiger partial charge in [0.15, 0.2) is 29.7 Å². The Bertz CT molecular complexity index is 1420. The Labute approximate surface area is 199 Å². The summed E-state index contributed by atoms with van der Waals surface area (Å²) >= 11 is 0. The number of ether oxygens (including phenoxy) is 2. The van der Waals surface area contributed by atoms with Crippen molar-refractivity contribution in [1.82, 2.24) is 25.0 Å². The quantitative estimate of drug-likeness (QED) is 0.209. The number of H-pyrrole nitrogens is 1. The number of hydrogen-bond acceptors (Lipinski definition) is 9. The van der Waals surface area contributed by atoms with Crippen LogP contribution in [0.3, 0.4) is 0 Å². The maximum atomic E-state index is 12.7. The van der Waals surface area contributed by atoms with Gasteiger partial charge in [0.2, 0.25) is 0 Å². The van der Waals surface area contributed by atoms with E-state index in [1.54, 1.807) is 54.6 Å². The van der Waals surface area contributed by atoms with Crippen molar-refractivity contribution in [1.29, 1.82) is 10.7 Å². The Balaban J connectivity index is 1.76. The first kappa shape index (κ1) is 23.0. The lowest BCUT2D eigenvalue weighted by molar-refractivity contribution is 0.329. The summed E-state index contributed by atoms with van der Waals surface area (Å²) in [6, 6.07) is 16.7. The molecule has 12 heteroatoms. The number of anilines is 1. The van der Waals surface area contributed by atoms with Gasteiger partial charge in [-0.1, -0.05) is 6.07 Å². The topological polar surface area (TPSA) is 181 Å². The minimum absolute atomic E-state index is 0.0437. The molecular weight excluding hydrogens is 450 g/mol. The van der Waals surface area contributed by atoms with E-state index < -0.39 is 11.7 Å². The molecule has 0 amide bonds. The van der Waals surface area contributed by atoms with Crippen molar-refractivity contribution in [3.05, 3.63) is 88.2 Å². The third-order valence-corrected chi connectivity index (χ3v) is 5.00. The molecule has 5 N–H and O–H groups in total. The Kier molecular flexibility index (Phi) is 6.68. The normalized spacial score (nSPS) is 11.3. The molecule has 2 heterocycles. The van der Waals surface area contributed by atoms with Gasteiger partial charge >= 0.3 is 5.69 Å². The average Bonchev–Trinajstić information content (AvgIpc) is 3.27. The second kappa shape index (κ2) is 10.2. The zero-order chi connectivity index (χ0) is 24.8. The highest BCUT2D eigenvalue weighted by molar-refractivity contribution is 5.95. The van der Waals surface area contributed by atoms with E-state index in [1.807, 2.05) is 6.07 Å². The number of nitrogen functional groups attached to an aromatic ring is 1. The Morgan fingerprint density at radius 2 is 2.06 bits per heavy atom. The summed E-state index contributed by atoms with van der Waals surface area (Å²) in [6.07, 6.45) is 1.50. The van der Waals surface area contributed by atoms with Crippen LogP contribution in [-0.4, -0.2) is 44.5 Å². The summed E-state index contributed by atoms with van der Waals surface area (Å²) in [5.74, 6) is 1.34. The Morgan fingerprint density at radius 1 is 1.26 bits per heavy atom. The number of nitrogens with two attached hydrogens (primary N) is 1. The van der Waals surface area contributed by atoms with Crippen LogP contribution in [0.15, 0.2) is 65.6 Å². The number of rotatable bonds is 9. The predicted octanol–water partition coefficient (Wildman–Crippen LogP) is 1.75. The molecule has 0 unspecified atom stereocenters. The molecule has 4 aromatic rings. The molecular formula is C23H21N9O3. The summed E-state index contributed by atoms with van der Waals surface area (Å²) in [4.78, 5) is 15.5. The Morgan fingerprint density at radius 3 is 2.71 bits per heavy atom. The van der Waals surface area contributed by atoms with Gasteiger partial charge in [-0.25, -0.2) is 4.79 Å². The first-order chi connectivity index (χ1) is 17.0. The molecule has 0 spiro atoms. The lowest BCUT2D eigenvalue weighted by Gasteiger charge is -2.20. The van der Waals surface area contributed by atoms with Gasteiger partial charge in [-0.2, -0.15) is 15.0 Å². The maximum absolute atomic E-state index is 12.7. The highest BCUT2D eigenvalue weighted by Crippen LogP contribution is 2.33. The number of hydrogen-bond donors (Lipinski definition) is 4. The van der Waals surface area contributed by atoms with Crippen LogP contribution < -0.4 is 26.2 Å². The number of benzene rings is 2. The van der Waals surface area contributed by atoms with Crippen molar-refractivity contribution in [3.63, 3.8) is 0 Å². The van der Waals surface area contributed by atoms with Crippen molar-refractivity contribution in [2.24, 2.45) is 5.73 Å². The first-order valence-corrected chi connectivity index (χ1v) is 10.4. The summed E-state index contributed by atoms with van der Waals surface area (Å²) in [7, 11) is 1.49. The van der Waals surface area contributed by atoms with Crippen LogP contribution in [0, 0.1) is 16.7 Å². The molecule has 2 aromatic carbocycles. The van der Waals surface area contributed by atoms with Gasteiger partial charge in [0.25, 0.3) is 0 Å². The monoisotopic (exact) mass is 471 g/mol. The molecule has 0 aliphatic rings. The van der Waals surface area contributed by atoms with Gasteiger partial charge in [0.05, 0.1) is 7.11 Å². The molecule has 0 saturated heterocycles. The summed E-state index contributed by atoms with van der Waals surface area (Å²) in [5, 5.41) is 31.9. The van der Waals surface area contributed by atoms with E-state index in [1.165, 1.54) is 13.3 Å². The molecule has 1 atom stereocenters. The highest BCUT2D eigenvalue weighted by Gasteiger charge is 2.22. The maximum Gasteiger partial charge on any atom is 0.349 e. The number of aromatic amines is 1. The van der Waals surface area contributed by atoms with Crippen molar-refractivity contribution in [2.75, 3.05) is 19.0 Å². The Hall–Kier alpha value is -5.18. The summed E-state index contributed by atoms with van der Waals surface area (Å²) < 4.78 is 12.0. The van der Waals surface area contributed by atoms with E-state index in [0.717, 1.165) is 4.68 Å². The van der Waals surface area contributed by atoms with E-state index in [0.29, 0.717) is 34.1 Å². The van der Waals surface area contributed by atoms with E-state index in [9.17, 15) is 4.79 Å². The second-order valence-electron chi connectivity index (χ2n) is 7.23. The third-order valence-electron chi connectivity index (χ3n) is 5.00. The van der Waals surface area contributed by atoms with Crippen LogP contribution in [0.1, 0.15) is 23.0 Å². The van der Waals surface area contributed by atoms with E-state index >= 15 is 0 Å². The smallest absolute Gasteiger partial charge is 0.349 e. The van der Waals surface area contributed by atoms with Crippen LogP contribution >= 0.6 is 0 Å². The third kappa shape index (κ3) is 5.09. The summed E-state index contributed by atoms with van der Waals surface area (Å²) in [6.45, 7) is -0.129. The molecule has 0 aliphatic carbocycles. The fourth-order valence-electron chi connectivity index (χ4n) is 3.35. The van der Waals surface area contributed by atoms with Crippen molar-refractivity contribution in [3.8, 4) is 23.4 Å². The fraction of sp³-hybridized carbons (Fsp3) is 0.130. The molecule has 35 heavy (non-hydrogen) atoms. The molecule has 0 saturated carbocycles. The van der Waals surface area contributed by atoms with Gasteiger partial charge in [-0.15, -0.1) is 10.2 Å². The van der Waals surface area contributed by atoms with Crippen LogP contribution in [0.2, 0.25) is 0 Å². The molecule has 0 fully saturated rings. The molecule has 176 valence electrons. The van der Waals surface area contributed by atoms with E-state index in [-0.39, 0.29) is 18.3 Å². The van der Waals surface area contributed by atoms with Crippen molar-refractivity contribution >= 4 is 11.5 Å². The molecule has 0 bridgehead atoms. The van der Waals surface area contributed by atoms with Crippen LogP contribution in [0.25, 0.3) is 5.82 Å². The van der Waals surface area contributed by atoms with E-state index in [2.05, 4.69) is 25.6 Å². The minimum Gasteiger partial charge on any atom is -0.493 e. The largest absolute Gasteiger partial charge is 0.493 e. The fourth-order valence-corrected chi connectivity index (χ4v) is 3.35. The average molecular weight is 471 g/mol. The van der Waals surface area contributed by atoms with E-state index in [4.69, 9.17) is 25.9 Å². The lowest BCUT2D eigenvalue weighted by atomic mass is 10.0. The zero-order valence-electron chi connectivity index (χ0n) is 18.6. The van der Waals surface area contributed by atoms with Gasteiger partial charge in [-0.05, 0) is 54.1 Å². The lowest BCUT2D eigenvalue weighted by Crippen LogP contribution is -2.17. The van der Waals surface area contributed by atoms with Crippen LogP contribution in [0.4, 0.5) is 5.69 Å². The number of amidine groups is 1. The first-order valence-electron chi connectivity index (χ1n) is 10.4. The molecule has 4 rings (SSSR count). The van der Waals surface area contributed by atoms with Crippen molar-refractivity contribution in [2.45, 2.75) is 6.04 Å². The minimum atomic E-state index is -0.622. The molecule has 0 aliphatic heterocycles. The number of nitrogens with one attached hydrogen (secondary N) is 3. The van der Waals surface area contributed by atoms with Crippen LogP contribution in [0.5, 0.6) is 11.5 Å². The van der Waals surface area contributed by atoms with Gasteiger partial charge < -0.3 is 20.5 Å². The molecule has 12 nitrogen and oxygen atoms in total. The standard InChI is InChI=1S/C23H21N9O3/c1-34-18-13-15(6-9-17(18)35-12-10-24)20(28-16-7-4-14(5-8-16)21(25)26)22-29-23(33)32(31-22)19-3-2-11-27-30-19/h2-9,11,13,20,28H,12H2,1H3,(H3,25,26)(H,29,31,33)/t20-/m0/s1. The van der Waals surface area contributed by atoms with Gasteiger partial charge in [0.1, 0.15) is 17.9 Å². The summed E-state index contributed by atoms with van der Waals surface area (Å²) in [5.41, 5.74) is 7.04. The number of methoxy groups -OCH3 is 1. The number of aromatic nitrogens is 5. The second-order valence-corrected chi connectivity index (χ2v) is 7.23. The zero-order valence-corrected chi connectivity index (χ0v) is 18.6. The van der Waals surface area contributed by atoms with Gasteiger partial charge in [0, 0.05) is 17.4 Å². The highest BCUT2D eigenvalue weighted by atomic mass is 16.5. The van der Waals surface area contributed by atoms with Crippen LogP contribution in [-0.2, 0) is 0 Å². The number of nitriles is 1. The predicted molar refractivity (Wildman–Crippen MR) is 127 cm³/mol. The molecule has 2 aromatic heterocycles. The number of nitrogens with zero attached hydrogens (tertiary/aromatic N) is 5.